The van der Waals surface area contributed by atoms with Gasteiger partial charge in [-0.05, 0) is 36.6 Å². The molecule has 3 rings (SSSR count). The van der Waals surface area contributed by atoms with Crippen molar-refractivity contribution in [2.75, 3.05) is 25.0 Å². The van der Waals surface area contributed by atoms with Gasteiger partial charge in [0.05, 0.1) is 0 Å². The molecule has 0 saturated carbocycles. The van der Waals surface area contributed by atoms with Gasteiger partial charge in [0.15, 0.2) is 0 Å². The van der Waals surface area contributed by atoms with Gasteiger partial charge >= 0.3 is 6.03 Å². The van der Waals surface area contributed by atoms with Gasteiger partial charge in [-0.25, -0.2) is 14.8 Å². The molecule has 0 aliphatic carbocycles. The molecule has 2 aromatic heterocycles. The van der Waals surface area contributed by atoms with E-state index in [1.54, 1.807) is 42.8 Å². The maximum absolute atomic E-state index is 12.4. The fourth-order valence-corrected chi connectivity index (χ4v) is 2.85. The largest absolute Gasteiger partial charge is 0.339 e. The molecule has 0 spiro atoms. The van der Waals surface area contributed by atoms with Crippen LogP contribution in [0.4, 0.5) is 10.7 Å². The van der Waals surface area contributed by atoms with E-state index in [-0.39, 0.29) is 12.1 Å². The zero-order valence-electron chi connectivity index (χ0n) is 13.8. The monoisotopic (exact) mass is 326 g/mol. The summed E-state index contributed by atoms with van der Waals surface area (Å²) in [6, 6.07) is 5.68. The number of amides is 2. The maximum atomic E-state index is 12.4. The predicted molar refractivity (Wildman–Crippen MR) is 91.5 cm³/mol. The molecule has 0 radical (unpaired) electrons. The van der Waals surface area contributed by atoms with Gasteiger partial charge in [0.1, 0.15) is 0 Å². The van der Waals surface area contributed by atoms with Crippen LogP contribution in [0.3, 0.4) is 0 Å². The smallest absolute Gasteiger partial charge is 0.317 e. The van der Waals surface area contributed by atoms with Crippen LogP contribution in [0.15, 0.2) is 43.0 Å². The molecule has 2 amide bonds. The van der Waals surface area contributed by atoms with E-state index >= 15 is 0 Å². The van der Waals surface area contributed by atoms with E-state index in [0.29, 0.717) is 6.54 Å². The van der Waals surface area contributed by atoms with Crippen LogP contribution in [-0.2, 0) is 6.54 Å². The van der Waals surface area contributed by atoms with Crippen molar-refractivity contribution in [3.63, 3.8) is 0 Å². The number of aromatic nitrogens is 3. The van der Waals surface area contributed by atoms with Gasteiger partial charge in [-0.1, -0.05) is 0 Å². The minimum absolute atomic E-state index is 0.0624. The molecule has 0 unspecified atom stereocenters. The summed E-state index contributed by atoms with van der Waals surface area (Å²) in [7, 11) is 1.80. The number of carbonyl (C=O) groups is 1. The Morgan fingerprint density at radius 1 is 1.29 bits per heavy atom. The van der Waals surface area contributed by atoms with Gasteiger partial charge in [-0.2, -0.15) is 0 Å². The van der Waals surface area contributed by atoms with Crippen LogP contribution in [0.5, 0.6) is 0 Å². The maximum Gasteiger partial charge on any atom is 0.317 e. The van der Waals surface area contributed by atoms with E-state index in [4.69, 9.17) is 0 Å². The molecule has 1 saturated heterocycles. The Kier molecular flexibility index (Phi) is 5.20. The Balaban J connectivity index is 1.54. The summed E-state index contributed by atoms with van der Waals surface area (Å²) in [5.41, 5.74) is 1.06. The average Bonchev–Trinajstić information content (AvgIpc) is 2.63. The molecule has 1 N–H and O–H groups in total. The molecular weight excluding hydrogens is 304 g/mol. The van der Waals surface area contributed by atoms with Gasteiger partial charge in [0.25, 0.3) is 0 Å². The third-order valence-corrected chi connectivity index (χ3v) is 4.10. The molecule has 1 aliphatic rings. The molecule has 1 fully saturated rings. The Morgan fingerprint density at radius 3 is 2.79 bits per heavy atom. The Morgan fingerprint density at radius 2 is 2.04 bits per heavy atom. The van der Waals surface area contributed by atoms with Crippen LogP contribution in [0.25, 0.3) is 0 Å². The number of piperidine rings is 1. The van der Waals surface area contributed by atoms with Crippen LogP contribution in [0.1, 0.15) is 18.4 Å². The van der Waals surface area contributed by atoms with E-state index in [0.717, 1.165) is 37.4 Å². The molecule has 0 aromatic carbocycles. The van der Waals surface area contributed by atoms with E-state index in [2.05, 4.69) is 25.2 Å². The van der Waals surface area contributed by atoms with Gasteiger partial charge < -0.3 is 15.1 Å². The van der Waals surface area contributed by atoms with Crippen LogP contribution in [0.2, 0.25) is 0 Å². The summed E-state index contributed by atoms with van der Waals surface area (Å²) in [5, 5.41) is 3.11. The lowest BCUT2D eigenvalue weighted by molar-refractivity contribution is 0.200. The molecule has 7 heteroatoms. The minimum atomic E-state index is -0.0624. The Hall–Kier alpha value is -2.70. The number of rotatable bonds is 4. The number of anilines is 1. The lowest BCUT2D eigenvalue weighted by Gasteiger charge is -2.34. The van der Waals surface area contributed by atoms with Crippen molar-refractivity contribution in [1.29, 1.82) is 0 Å². The van der Waals surface area contributed by atoms with Crippen molar-refractivity contribution in [3.8, 4) is 0 Å². The molecule has 126 valence electrons. The summed E-state index contributed by atoms with van der Waals surface area (Å²) in [6.45, 7) is 2.22. The highest BCUT2D eigenvalue weighted by Gasteiger charge is 2.23. The first-order chi connectivity index (χ1) is 11.7. The van der Waals surface area contributed by atoms with Crippen molar-refractivity contribution >= 4 is 12.0 Å². The van der Waals surface area contributed by atoms with Gasteiger partial charge in [0, 0.05) is 57.5 Å². The summed E-state index contributed by atoms with van der Waals surface area (Å²) >= 11 is 0. The van der Waals surface area contributed by atoms with E-state index in [1.165, 1.54) is 0 Å². The third kappa shape index (κ3) is 4.18. The fourth-order valence-electron chi connectivity index (χ4n) is 2.85. The Labute approximate surface area is 141 Å². The number of pyridine rings is 1. The van der Waals surface area contributed by atoms with E-state index < -0.39 is 0 Å². The van der Waals surface area contributed by atoms with Crippen molar-refractivity contribution < 1.29 is 4.79 Å². The number of hydrogen-bond acceptors (Lipinski definition) is 5. The van der Waals surface area contributed by atoms with Crippen LogP contribution < -0.4 is 10.2 Å². The second-order valence-corrected chi connectivity index (χ2v) is 5.99. The lowest BCUT2D eigenvalue weighted by Crippen LogP contribution is -2.51. The highest BCUT2D eigenvalue weighted by molar-refractivity contribution is 5.74. The van der Waals surface area contributed by atoms with E-state index in [1.807, 2.05) is 12.1 Å². The SMILES string of the molecule is CN(Cc1ccncc1)C(=O)N[C@@H]1CCCN(c2ncccn2)C1. The quantitative estimate of drug-likeness (QED) is 0.925. The van der Waals surface area contributed by atoms with Crippen molar-refractivity contribution in [2.24, 2.45) is 0 Å². The van der Waals surface area contributed by atoms with Crippen LogP contribution in [0, 0.1) is 0 Å². The number of hydrogen-bond donors (Lipinski definition) is 1. The number of urea groups is 1. The number of nitrogens with one attached hydrogen (secondary N) is 1. The Bertz CT molecular complexity index is 651. The summed E-state index contributed by atoms with van der Waals surface area (Å²) in [4.78, 5) is 28.8. The van der Waals surface area contributed by atoms with Gasteiger partial charge in [-0.15, -0.1) is 0 Å². The summed E-state index contributed by atoms with van der Waals surface area (Å²) in [5.74, 6) is 0.724. The standard InChI is InChI=1S/C17H22N6O/c1-22(12-14-5-9-18-10-6-14)17(24)21-15-4-2-11-23(13-15)16-19-7-3-8-20-16/h3,5-10,15H,2,4,11-13H2,1H3,(H,21,24)/t15-/m1/s1. The molecule has 0 bridgehead atoms. The first-order valence-corrected chi connectivity index (χ1v) is 8.15. The zero-order valence-corrected chi connectivity index (χ0v) is 13.8. The van der Waals surface area contributed by atoms with Crippen molar-refractivity contribution in [2.45, 2.75) is 25.4 Å². The number of carbonyl (C=O) groups excluding carboxylic acids is 1. The molecule has 7 nitrogen and oxygen atoms in total. The van der Waals surface area contributed by atoms with Crippen LogP contribution in [-0.4, -0.2) is 52.1 Å². The molecule has 3 heterocycles. The molecule has 24 heavy (non-hydrogen) atoms. The highest BCUT2D eigenvalue weighted by Crippen LogP contribution is 2.15. The zero-order chi connectivity index (χ0) is 16.8. The summed E-state index contributed by atoms with van der Waals surface area (Å²) < 4.78 is 0. The normalized spacial score (nSPS) is 17.4. The highest BCUT2D eigenvalue weighted by atomic mass is 16.2. The fraction of sp³-hybridized carbons (Fsp3) is 0.412. The van der Waals surface area contributed by atoms with Gasteiger partial charge in [0.2, 0.25) is 5.95 Å². The second-order valence-electron chi connectivity index (χ2n) is 5.99. The summed E-state index contributed by atoms with van der Waals surface area (Å²) in [6.07, 6.45) is 8.94. The molecular formula is C17H22N6O. The second kappa shape index (κ2) is 7.72. The average molecular weight is 326 g/mol. The molecule has 1 aliphatic heterocycles. The first-order valence-electron chi connectivity index (χ1n) is 8.15. The topological polar surface area (TPSA) is 74.2 Å². The molecule has 1 atom stereocenters. The minimum Gasteiger partial charge on any atom is -0.339 e. The van der Waals surface area contributed by atoms with Crippen molar-refractivity contribution in [3.05, 3.63) is 48.5 Å². The lowest BCUT2D eigenvalue weighted by atomic mass is 10.1. The third-order valence-electron chi connectivity index (χ3n) is 4.10. The van der Waals surface area contributed by atoms with Gasteiger partial charge in [-0.3, -0.25) is 4.98 Å². The number of nitrogens with zero attached hydrogens (tertiary/aromatic N) is 5. The predicted octanol–water partition coefficient (Wildman–Crippen LogP) is 1.68. The molecule has 2 aromatic rings. The van der Waals surface area contributed by atoms with Crippen molar-refractivity contribution in [1.82, 2.24) is 25.2 Å². The van der Waals surface area contributed by atoms with E-state index in [9.17, 15) is 4.79 Å². The van der Waals surface area contributed by atoms with Crippen LogP contribution >= 0.6 is 0 Å². The first kappa shape index (κ1) is 16.2.